The number of nitrogens with zero attached hydrogens (tertiary/aromatic N) is 3. The third kappa shape index (κ3) is 5.84. The highest BCUT2D eigenvalue weighted by molar-refractivity contribution is 5.85. The van der Waals surface area contributed by atoms with Crippen molar-refractivity contribution in [2.45, 2.75) is 32.3 Å². The van der Waals surface area contributed by atoms with E-state index in [1.165, 1.54) is 12.8 Å². The Kier molecular flexibility index (Phi) is 9.21. The van der Waals surface area contributed by atoms with E-state index in [-0.39, 0.29) is 36.8 Å². The molecule has 2 aliphatic rings. The van der Waals surface area contributed by atoms with Crippen LogP contribution in [0, 0.1) is 11.8 Å². The Balaban J connectivity index is 0.00000156. The van der Waals surface area contributed by atoms with Gasteiger partial charge in [-0.3, -0.25) is 9.48 Å². The van der Waals surface area contributed by atoms with Crippen LogP contribution in [0.5, 0.6) is 0 Å². The third-order valence-corrected chi connectivity index (χ3v) is 5.15. The molecule has 1 N–H and O–H groups in total. The molecule has 3 heterocycles. The second-order valence-electron chi connectivity index (χ2n) is 6.93. The Morgan fingerprint density at radius 1 is 1.48 bits per heavy atom. The summed E-state index contributed by atoms with van der Waals surface area (Å²) in [5.74, 6) is 1.33. The molecule has 1 aromatic heterocycles. The maximum Gasteiger partial charge on any atom is 0.223 e. The number of carbonyl (C=O) groups is 1. The molecule has 0 aromatic carbocycles. The van der Waals surface area contributed by atoms with Gasteiger partial charge in [0.25, 0.3) is 0 Å². The van der Waals surface area contributed by atoms with Gasteiger partial charge in [0.15, 0.2) is 0 Å². The number of morpholine rings is 1. The minimum atomic E-state index is -0.0481. The average molecular weight is 393 g/mol. The molecule has 3 atom stereocenters. The van der Waals surface area contributed by atoms with E-state index in [0.717, 1.165) is 18.7 Å². The fraction of sp³-hybridized carbons (Fsp3) is 0.765. The molecule has 3 rings (SSSR count). The molecule has 2 fully saturated rings. The molecule has 25 heavy (non-hydrogen) atoms. The topological polar surface area (TPSA) is 59.4 Å². The van der Waals surface area contributed by atoms with Crippen molar-refractivity contribution >= 4 is 30.7 Å². The summed E-state index contributed by atoms with van der Waals surface area (Å²) in [7, 11) is 1.90. The molecule has 1 amide bonds. The average Bonchev–Trinajstić information content (AvgIpc) is 3.02. The minimum Gasteiger partial charge on any atom is -0.370 e. The smallest absolute Gasteiger partial charge is 0.223 e. The van der Waals surface area contributed by atoms with Gasteiger partial charge in [-0.15, -0.1) is 24.8 Å². The van der Waals surface area contributed by atoms with Gasteiger partial charge in [-0.1, -0.05) is 6.92 Å². The van der Waals surface area contributed by atoms with E-state index in [1.807, 2.05) is 24.3 Å². The van der Waals surface area contributed by atoms with Gasteiger partial charge in [-0.2, -0.15) is 5.10 Å². The molecule has 6 nitrogen and oxygen atoms in total. The number of hydrogen-bond acceptors (Lipinski definition) is 4. The Morgan fingerprint density at radius 3 is 2.92 bits per heavy atom. The predicted molar refractivity (Wildman–Crippen MR) is 102 cm³/mol. The number of aromatic nitrogens is 2. The lowest BCUT2D eigenvalue weighted by Crippen LogP contribution is -2.43. The van der Waals surface area contributed by atoms with Crippen LogP contribution in [-0.4, -0.2) is 53.4 Å². The molecule has 2 aliphatic heterocycles. The van der Waals surface area contributed by atoms with Crippen molar-refractivity contribution in [3.05, 3.63) is 18.0 Å². The summed E-state index contributed by atoms with van der Waals surface area (Å²) >= 11 is 0. The van der Waals surface area contributed by atoms with Crippen molar-refractivity contribution in [3.63, 3.8) is 0 Å². The van der Waals surface area contributed by atoms with Crippen molar-refractivity contribution in [3.8, 4) is 0 Å². The lowest BCUT2D eigenvalue weighted by Gasteiger charge is -2.34. The van der Waals surface area contributed by atoms with E-state index in [4.69, 9.17) is 4.74 Å². The van der Waals surface area contributed by atoms with Crippen LogP contribution in [0.25, 0.3) is 0 Å². The number of rotatable bonds is 4. The Bertz CT molecular complexity index is 534. The van der Waals surface area contributed by atoms with E-state index in [1.54, 1.807) is 4.68 Å². The standard InChI is InChI=1S/C17H28N4O2.2ClH/c1-13(14-4-3-5-18-9-14)8-17(22)21-6-7-23-16(12-21)15-10-19-20(2)11-15;;/h10-11,13-14,16,18H,3-9,12H2,1-2H3;2*1H. The zero-order valence-corrected chi connectivity index (χ0v) is 16.7. The van der Waals surface area contributed by atoms with Crippen LogP contribution >= 0.6 is 24.8 Å². The summed E-state index contributed by atoms with van der Waals surface area (Å²) in [6.07, 6.45) is 6.86. The minimum absolute atomic E-state index is 0. The highest BCUT2D eigenvalue weighted by Crippen LogP contribution is 2.26. The number of piperidine rings is 1. The van der Waals surface area contributed by atoms with Crippen LogP contribution in [0.4, 0.5) is 0 Å². The lowest BCUT2D eigenvalue weighted by molar-refractivity contribution is -0.140. The molecule has 8 heteroatoms. The highest BCUT2D eigenvalue weighted by Gasteiger charge is 2.29. The van der Waals surface area contributed by atoms with Gasteiger partial charge in [0, 0.05) is 31.8 Å². The summed E-state index contributed by atoms with van der Waals surface area (Å²) < 4.78 is 7.60. The van der Waals surface area contributed by atoms with Crippen LogP contribution < -0.4 is 5.32 Å². The summed E-state index contributed by atoms with van der Waals surface area (Å²) in [4.78, 5) is 14.6. The van der Waals surface area contributed by atoms with Gasteiger partial charge in [0.1, 0.15) is 6.10 Å². The molecule has 0 bridgehead atoms. The molecule has 0 saturated carbocycles. The molecule has 0 radical (unpaired) electrons. The molecule has 144 valence electrons. The highest BCUT2D eigenvalue weighted by atomic mass is 35.5. The fourth-order valence-corrected chi connectivity index (χ4v) is 3.62. The number of carbonyl (C=O) groups excluding carboxylic acids is 1. The second-order valence-corrected chi connectivity index (χ2v) is 6.93. The maximum atomic E-state index is 12.7. The monoisotopic (exact) mass is 392 g/mol. The van der Waals surface area contributed by atoms with Crippen molar-refractivity contribution in [2.75, 3.05) is 32.8 Å². The van der Waals surface area contributed by atoms with Crippen molar-refractivity contribution in [2.24, 2.45) is 18.9 Å². The van der Waals surface area contributed by atoms with Crippen LogP contribution in [0.2, 0.25) is 0 Å². The van der Waals surface area contributed by atoms with Crippen molar-refractivity contribution < 1.29 is 9.53 Å². The Morgan fingerprint density at radius 2 is 2.28 bits per heavy atom. The molecule has 2 saturated heterocycles. The zero-order chi connectivity index (χ0) is 16.2. The molecule has 1 aromatic rings. The Hall–Kier alpha value is -0.820. The number of hydrogen-bond donors (Lipinski definition) is 1. The van der Waals surface area contributed by atoms with E-state index in [2.05, 4.69) is 17.3 Å². The number of nitrogens with one attached hydrogen (secondary N) is 1. The lowest BCUT2D eigenvalue weighted by atomic mass is 9.85. The van der Waals surface area contributed by atoms with Crippen molar-refractivity contribution in [1.29, 1.82) is 0 Å². The summed E-state index contributed by atoms with van der Waals surface area (Å²) in [6, 6.07) is 0. The summed E-state index contributed by atoms with van der Waals surface area (Å²) in [5.41, 5.74) is 1.05. The predicted octanol–water partition coefficient (Wildman–Crippen LogP) is 2.19. The zero-order valence-electron chi connectivity index (χ0n) is 15.0. The number of ether oxygens (including phenoxy) is 1. The van der Waals surface area contributed by atoms with Crippen LogP contribution in [-0.2, 0) is 16.6 Å². The Labute approximate surface area is 162 Å². The second kappa shape index (κ2) is 10.4. The summed E-state index contributed by atoms with van der Waals surface area (Å²) in [6.45, 7) is 6.33. The maximum absolute atomic E-state index is 12.7. The van der Waals surface area contributed by atoms with Gasteiger partial charge >= 0.3 is 0 Å². The van der Waals surface area contributed by atoms with Gasteiger partial charge in [-0.25, -0.2) is 0 Å². The van der Waals surface area contributed by atoms with E-state index in [0.29, 0.717) is 38.0 Å². The quantitative estimate of drug-likeness (QED) is 0.852. The van der Waals surface area contributed by atoms with Crippen LogP contribution in [0.15, 0.2) is 12.4 Å². The van der Waals surface area contributed by atoms with Crippen LogP contribution in [0.1, 0.15) is 37.9 Å². The fourth-order valence-electron chi connectivity index (χ4n) is 3.62. The molecular formula is C17H30Cl2N4O2. The molecule has 0 spiro atoms. The van der Waals surface area contributed by atoms with Gasteiger partial charge in [0.05, 0.1) is 19.3 Å². The van der Waals surface area contributed by atoms with E-state index >= 15 is 0 Å². The third-order valence-electron chi connectivity index (χ3n) is 5.15. The first-order chi connectivity index (χ1) is 11.1. The first-order valence-corrected chi connectivity index (χ1v) is 8.72. The van der Waals surface area contributed by atoms with E-state index in [9.17, 15) is 4.79 Å². The molecule has 0 aliphatic carbocycles. The van der Waals surface area contributed by atoms with Gasteiger partial charge in [0.2, 0.25) is 5.91 Å². The number of amides is 1. The largest absolute Gasteiger partial charge is 0.370 e. The van der Waals surface area contributed by atoms with Crippen molar-refractivity contribution in [1.82, 2.24) is 20.0 Å². The first-order valence-electron chi connectivity index (χ1n) is 8.72. The van der Waals surface area contributed by atoms with E-state index < -0.39 is 0 Å². The number of halogens is 2. The van der Waals surface area contributed by atoms with Gasteiger partial charge < -0.3 is 15.0 Å². The SMILES string of the molecule is CC(CC(=O)N1CCOC(c2cnn(C)c2)C1)C1CCCNC1.Cl.Cl. The molecular weight excluding hydrogens is 363 g/mol. The first kappa shape index (κ1) is 22.2. The molecule has 3 unspecified atom stereocenters. The number of aryl methyl sites for hydroxylation is 1. The normalized spacial score (nSPS) is 24.8. The summed E-state index contributed by atoms with van der Waals surface area (Å²) in [5, 5.41) is 7.64. The van der Waals surface area contributed by atoms with Gasteiger partial charge in [-0.05, 0) is 37.8 Å². The van der Waals surface area contributed by atoms with Crippen LogP contribution in [0.3, 0.4) is 0 Å².